The van der Waals surface area contributed by atoms with Gasteiger partial charge in [-0.15, -0.1) is 80.1 Å². The number of carboxylic acid groups (broad SMARTS) is 1. The van der Waals surface area contributed by atoms with E-state index < -0.39 is 13.0 Å². The van der Waals surface area contributed by atoms with E-state index in [2.05, 4.69) is 223 Å². The van der Waals surface area contributed by atoms with Crippen molar-refractivity contribution in [3.05, 3.63) is 208 Å². The average molecular weight is 1770 g/mol. The monoisotopic (exact) mass is 1760 g/mol. The number of aliphatic carboxylic acids is 1. The number of H-pyrrole nitrogens is 3. The molecule has 47 nitrogen and oxygen atoms in total. The molecular formula is C55H55Br3Cl4N42O5. The van der Waals surface area contributed by atoms with Crippen LogP contribution in [0.15, 0.2) is 164 Å². The molecule has 12 heterocycles. The van der Waals surface area contributed by atoms with E-state index in [0.717, 1.165) is 51.7 Å². The Bertz CT molecular complexity index is 5010. The molecule has 0 atom stereocenters. The first-order valence-corrected chi connectivity index (χ1v) is 34.1. The maximum Gasteiger partial charge on any atom is 0.325 e. The number of nitrogens with one attached hydrogen (secondary N) is 3. The number of carboxylic acids is 1. The predicted octanol–water partition coefficient (Wildman–Crippen LogP) is 5.64. The molecule has 0 spiro atoms. The molecule has 0 unspecified atom stereocenters. The number of aryl methyl sites for hydroxylation is 4. The Morgan fingerprint density at radius 2 is 1.20 bits per heavy atom. The van der Waals surface area contributed by atoms with Crippen LogP contribution < -0.4 is 0 Å². The number of alkyl halides is 4. The first-order chi connectivity index (χ1) is 52.5. The van der Waals surface area contributed by atoms with Gasteiger partial charge in [0.1, 0.15) is 30.8 Å². The number of nitro benzene ring substituents is 1. The Morgan fingerprint density at radius 3 is 1.73 bits per heavy atom. The van der Waals surface area contributed by atoms with Gasteiger partial charge in [-0.05, 0) is 147 Å². The van der Waals surface area contributed by atoms with E-state index in [-0.39, 0.29) is 42.7 Å². The number of non-ortho nitro benzene ring substituents is 1. The van der Waals surface area contributed by atoms with Crippen molar-refractivity contribution in [2.75, 3.05) is 0 Å². The largest absolute Gasteiger partial charge is 0.480 e. The van der Waals surface area contributed by atoms with Crippen LogP contribution >= 0.6 is 95.0 Å². The van der Waals surface area contributed by atoms with Crippen molar-refractivity contribution in [3.63, 3.8) is 0 Å². The summed E-state index contributed by atoms with van der Waals surface area (Å²) in [6.45, 7) is 4.20. The molecule has 0 bridgehead atoms. The third kappa shape index (κ3) is 27.8. The lowest BCUT2D eigenvalue weighted by Gasteiger charge is -2.11. The highest BCUT2D eigenvalue weighted by molar-refractivity contribution is 9.38. The fourth-order valence-corrected chi connectivity index (χ4v) is 9.40. The number of tetrazole rings is 10. The molecule has 11 aromatic heterocycles. The zero-order chi connectivity index (χ0) is 76.7. The fraction of sp³-hybridized carbons (Fsp3) is 0.200. The Balaban J connectivity index is 0.000000170. The second kappa shape index (κ2) is 45.2. The quantitative estimate of drug-likeness (QED) is 0.0478. The van der Waals surface area contributed by atoms with Crippen LogP contribution in [0.25, 0.3) is 51.3 Å². The van der Waals surface area contributed by atoms with Gasteiger partial charge in [0.25, 0.3) is 11.5 Å². The normalized spacial score (nSPS) is 10.8. The molecule has 0 saturated carbocycles. The van der Waals surface area contributed by atoms with Gasteiger partial charge in [-0.2, -0.15) is 34.2 Å². The number of aromatic nitrogens is 41. The number of aliphatic hydroxyl groups excluding tert-OH is 1. The van der Waals surface area contributed by atoms with Crippen molar-refractivity contribution in [3.8, 4) is 45.5 Å². The minimum atomic E-state index is -0.956. The van der Waals surface area contributed by atoms with E-state index in [9.17, 15) is 14.9 Å². The van der Waals surface area contributed by atoms with Crippen LogP contribution in [0.5, 0.6) is 0 Å². The number of hydrogen-bond donors (Lipinski definition) is 5. The number of aliphatic hydroxyl groups is 1. The molecular weight excluding hydrogens is 1710 g/mol. The molecule has 5 N–H and O–H groups in total. The lowest BCUT2D eigenvalue weighted by Crippen LogP contribution is -2.10. The number of aromatic amines is 3. The number of rotatable bonds is 10. The molecule has 54 heteroatoms. The topological polar surface area (TPSA) is 582 Å². The molecule has 16 aromatic rings. The highest BCUT2D eigenvalue weighted by atomic mass is 80.0. The van der Waals surface area contributed by atoms with Crippen LogP contribution in [0, 0.1) is 24.0 Å². The van der Waals surface area contributed by atoms with Gasteiger partial charge in [-0.1, -0.05) is 196 Å². The second-order valence-electron chi connectivity index (χ2n) is 20.1. The molecule has 0 saturated heterocycles. The lowest BCUT2D eigenvalue weighted by molar-refractivity contribution is -0.384. The number of carbonyl (C=O) groups is 1. The van der Waals surface area contributed by atoms with Crippen LogP contribution in [0.4, 0.5) is 5.69 Å². The summed E-state index contributed by atoms with van der Waals surface area (Å²) in [5.74, 6) is 3.42. The van der Waals surface area contributed by atoms with Gasteiger partial charge >= 0.3 is 5.97 Å². The molecule has 0 aliphatic carbocycles. The Hall–Kier alpha value is -12.4. The highest BCUT2D eigenvalue weighted by Gasteiger charge is 2.29. The standard InChI is InChI=1S/C8H5Br3N4.C8H7ClN4.C8H8N4O.C7H5ClN4.C7H5N5O2.C6H10N4.C5H4ClN5.C3H4N4O2.C2H4N4.CH2N4.ClH/c9-8(10,11)7-12-13-14-15(7)6-4-2-1-3-5-6;9-6-13-8(10-11-12-13)7-4-2-1-3-5-7;13-6-12-8(9-10-11-12)7-4-2-1-3-5-7;8-7-9-10-11-12(7)6-4-2-1-3-5-6;13-12(14)6-3-1-2-5(4-6)7-8-10-11-9-7;1-2-4-6-7-8-9-10(6)5-3-1;1-3-2-4(6)11-5(7-3)8-9-10-11;8-3(9)1-7-2-4-5-6-7;1-2-3-5-6-4-2;1-2-4-5-3-1;/h1-5H;1-5H,6H2;1-5,13H,6H2;1-5H;1-4H,(H,8,9,10,11);1-5H2;2H,1H3;2H,1H2,(H,8,9);1H3,(H,3,4,5,6);1H,(H,2,3,4,5);1H. The summed E-state index contributed by atoms with van der Waals surface area (Å²) < 4.78 is 9.75. The summed E-state index contributed by atoms with van der Waals surface area (Å²) in [5.41, 5.74) is 4.99. The number of halogens is 7. The van der Waals surface area contributed by atoms with Gasteiger partial charge in [0.15, 0.2) is 37.6 Å². The van der Waals surface area contributed by atoms with E-state index in [1.54, 1.807) is 29.8 Å². The smallest absolute Gasteiger partial charge is 0.325 e. The van der Waals surface area contributed by atoms with Gasteiger partial charge in [0, 0.05) is 47.5 Å². The molecule has 0 radical (unpaired) electrons. The first-order valence-electron chi connectivity index (χ1n) is 30.4. The number of nitrogens with zero attached hydrogens (tertiary/aromatic N) is 39. The van der Waals surface area contributed by atoms with E-state index >= 15 is 0 Å². The molecule has 1 aliphatic heterocycles. The van der Waals surface area contributed by atoms with Crippen molar-refractivity contribution in [2.24, 2.45) is 0 Å². The summed E-state index contributed by atoms with van der Waals surface area (Å²) >= 11 is 27.3. The van der Waals surface area contributed by atoms with Crippen LogP contribution in [0.2, 0.25) is 10.4 Å². The SMILES string of the molecule is BrC(Br)(Br)c1nnnn1-c1ccccc1.C1CCc2nnnn2CC1.Cc1cc(Cl)n2nnnc2n1.Cc1nn[nH]n1.Cl.ClCn1nnnc1-c1ccccc1.Clc1nnnn1-c1ccccc1.O=C(O)Cn1cnnn1.O=[N+]([O-])c1cccc(-c2nn[nH]n2)c1.OCn1nnnc1-c1ccccc1.c1nn[nH]n1. The van der Waals surface area contributed by atoms with E-state index in [1.807, 2.05) is 133 Å². The summed E-state index contributed by atoms with van der Waals surface area (Å²) in [4.78, 5) is 24.0. The third-order valence-corrected chi connectivity index (χ3v) is 14.5. The molecule has 109 heavy (non-hydrogen) atoms. The number of fused-ring (bicyclic) bond motifs is 2. The molecule has 1 aliphatic rings. The maximum atomic E-state index is 10.5. The number of benzene rings is 5. The van der Waals surface area contributed by atoms with Gasteiger partial charge < -0.3 is 10.2 Å². The zero-order valence-corrected chi connectivity index (χ0v) is 63.8. The number of hydrogen-bond acceptors (Lipinski definition) is 35. The second-order valence-corrected chi connectivity index (χ2v) is 27.9. The first kappa shape index (κ1) is 83.9. The third-order valence-electron chi connectivity index (χ3n) is 12.7. The Kier molecular flexibility index (Phi) is 34.8. The Morgan fingerprint density at radius 1 is 0.606 bits per heavy atom. The van der Waals surface area contributed by atoms with Gasteiger partial charge in [-0.25, -0.2) is 19.0 Å². The van der Waals surface area contributed by atoms with Crippen LogP contribution in [-0.2, 0) is 39.2 Å². The lowest BCUT2D eigenvalue weighted by atomic mass is 10.2. The summed E-state index contributed by atoms with van der Waals surface area (Å²) in [5, 5.41) is 142. The summed E-state index contributed by atoms with van der Waals surface area (Å²) in [7, 11) is 0. The van der Waals surface area contributed by atoms with Crippen molar-refractivity contribution >= 4 is 112 Å². The number of nitro groups is 1. The van der Waals surface area contributed by atoms with Gasteiger partial charge in [0.2, 0.25) is 11.1 Å². The summed E-state index contributed by atoms with van der Waals surface area (Å²) in [6.07, 6.45) is 7.38. The van der Waals surface area contributed by atoms with Gasteiger partial charge in [-0.3, -0.25) is 14.9 Å². The van der Waals surface area contributed by atoms with Crippen molar-refractivity contribution in [1.82, 2.24) is 208 Å². The molecule has 564 valence electrons. The summed E-state index contributed by atoms with van der Waals surface area (Å²) in [6, 6.07) is 46.3. The molecule has 0 fully saturated rings. The predicted molar refractivity (Wildman–Crippen MR) is 392 cm³/mol. The van der Waals surface area contributed by atoms with E-state index in [4.69, 9.17) is 45.0 Å². The Labute approximate surface area is 657 Å². The molecule has 17 rings (SSSR count). The zero-order valence-electron chi connectivity index (χ0n) is 56.0. The van der Waals surface area contributed by atoms with Crippen molar-refractivity contribution < 1.29 is 19.9 Å². The fourth-order valence-electron chi connectivity index (χ4n) is 8.07. The average Bonchev–Trinajstić information content (AvgIpc) is 1.81. The van der Waals surface area contributed by atoms with Crippen molar-refractivity contribution in [2.45, 2.75) is 67.5 Å². The number of para-hydroxylation sites is 2. The van der Waals surface area contributed by atoms with Crippen LogP contribution in [0.1, 0.15) is 42.4 Å². The van der Waals surface area contributed by atoms with E-state index in [1.165, 1.54) is 62.6 Å². The van der Waals surface area contributed by atoms with Crippen LogP contribution in [-0.4, -0.2) is 229 Å². The molecule has 0 amide bonds. The molecule has 5 aromatic carbocycles. The van der Waals surface area contributed by atoms with E-state index in [0.29, 0.717) is 45.6 Å². The minimum absolute atomic E-state index is 0. The van der Waals surface area contributed by atoms with Crippen molar-refractivity contribution in [1.29, 1.82) is 0 Å². The van der Waals surface area contributed by atoms with Crippen LogP contribution in [0.3, 0.4) is 0 Å². The maximum absolute atomic E-state index is 10.5. The highest BCUT2D eigenvalue weighted by Crippen LogP contribution is 2.43. The van der Waals surface area contributed by atoms with Gasteiger partial charge in [0.05, 0.1) is 16.3 Å². The minimum Gasteiger partial charge on any atom is -0.480 e.